The predicted octanol–water partition coefficient (Wildman–Crippen LogP) is 6.94. The van der Waals surface area contributed by atoms with Crippen molar-refractivity contribution in [2.24, 2.45) is 11.3 Å². The summed E-state index contributed by atoms with van der Waals surface area (Å²) in [6.07, 6.45) is 3.89. The first-order valence-electron chi connectivity index (χ1n) is 7.27. The van der Waals surface area contributed by atoms with Gasteiger partial charge in [-0.2, -0.15) is 0 Å². The molecule has 0 saturated heterocycles. The highest BCUT2D eigenvalue weighted by atomic mass is 14.2. The zero-order chi connectivity index (χ0) is 14.2. The number of unbranched alkanes of at least 4 members (excludes halogenated alkanes) is 1. The van der Waals surface area contributed by atoms with Gasteiger partial charge < -0.3 is 0 Å². The summed E-state index contributed by atoms with van der Waals surface area (Å²) in [5.74, 6) is 0.799. The fourth-order valence-corrected chi connectivity index (χ4v) is 0. The van der Waals surface area contributed by atoms with E-state index in [2.05, 4.69) is 62.3 Å². The molecule has 0 nitrogen and oxygen atoms in total. The lowest BCUT2D eigenvalue weighted by molar-refractivity contribution is 0.283. The molecule has 0 aliphatic heterocycles. The summed E-state index contributed by atoms with van der Waals surface area (Å²) in [5, 5.41) is 0. The van der Waals surface area contributed by atoms with Crippen molar-refractivity contribution in [1.82, 2.24) is 0 Å². The van der Waals surface area contributed by atoms with Crippen LogP contribution in [0.15, 0.2) is 0 Å². The van der Waals surface area contributed by atoms with E-state index in [-0.39, 0.29) is 0 Å². The van der Waals surface area contributed by atoms with Crippen LogP contribution in [0, 0.1) is 11.3 Å². The number of hydrogen-bond acceptors (Lipinski definition) is 0. The molecule has 0 heteroatoms. The van der Waals surface area contributed by atoms with Gasteiger partial charge in [-0.3, -0.25) is 0 Å². The summed E-state index contributed by atoms with van der Waals surface area (Å²) in [4.78, 5) is 0. The highest BCUT2D eigenvalue weighted by Crippen LogP contribution is 2.23. The van der Waals surface area contributed by atoms with Crippen LogP contribution in [0.3, 0.4) is 0 Å². The molecule has 0 aliphatic rings. The van der Waals surface area contributed by atoms with E-state index in [0.717, 1.165) is 5.92 Å². The average molecular weight is 232 g/mol. The maximum Gasteiger partial charge on any atom is -0.0360 e. The minimum Gasteiger partial charge on any atom is -0.0683 e. The van der Waals surface area contributed by atoms with Crippen LogP contribution >= 0.6 is 0 Å². The Morgan fingerprint density at radius 2 is 0.875 bits per heavy atom. The molecule has 0 radical (unpaired) electrons. The summed E-state index contributed by atoms with van der Waals surface area (Å²) in [6.45, 7) is 23.9. The van der Waals surface area contributed by atoms with Crippen LogP contribution in [0.1, 0.15) is 95.4 Å². The van der Waals surface area contributed by atoms with Gasteiger partial charge in [0.05, 0.1) is 0 Å². The lowest BCUT2D eigenvalue weighted by atomic mass is 9.84. The van der Waals surface area contributed by atoms with Crippen LogP contribution < -0.4 is 0 Å². The van der Waals surface area contributed by atoms with Crippen LogP contribution in [0.25, 0.3) is 0 Å². The van der Waals surface area contributed by atoms with E-state index in [9.17, 15) is 0 Å². The molecule has 0 fully saturated rings. The Bertz CT molecular complexity index is 72.5. The highest BCUT2D eigenvalue weighted by Gasteiger charge is 2.13. The molecule has 0 atom stereocenters. The second-order valence-electron chi connectivity index (χ2n) is 5.23. The Morgan fingerprint density at radius 3 is 0.875 bits per heavy atom. The van der Waals surface area contributed by atoms with Crippen molar-refractivity contribution in [3.8, 4) is 0 Å². The Balaban J connectivity index is -0.0000000685. The van der Waals surface area contributed by atoms with Crippen molar-refractivity contribution in [3.05, 3.63) is 0 Å². The molecular weight excluding hydrogens is 192 g/mol. The molecule has 0 bridgehead atoms. The van der Waals surface area contributed by atoms with E-state index in [4.69, 9.17) is 0 Å². The maximum absolute atomic E-state index is 2.26. The van der Waals surface area contributed by atoms with E-state index >= 15 is 0 Å². The first-order valence-corrected chi connectivity index (χ1v) is 7.27. The standard InChI is InChI=1S/C7H16.C4H10.C3H8.C2H6/c1-6(2)7(3,4)5;1-3-4-2;1-3-2;1-2/h6H,1-5H3;3-4H2,1-2H3;3H2,1-2H3;1-2H3. The van der Waals surface area contributed by atoms with Gasteiger partial charge in [0.2, 0.25) is 0 Å². The summed E-state index contributed by atoms with van der Waals surface area (Å²) < 4.78 is 0. The number of rotatable bonds is 1. The molecule has 0 unspecified atom stereocenters. The van der Waals surface area contributed by atoms with Crippen LogP contribution in [-0.4, -0.2) is 0 Å². The molecule has 0 rings (SSSR count). The normalized spacial score (nSPS) is 9.00. The molecule has 16 heavy (non-hydrogen) atoms. The second-order valence-corrected chi connectivity index (χ2v) is 5.23. The zero-order valence-electron chi connectivity index (χ0n) is 14.2. The average Bonchev–Trinajstić information content (AvgIpc) is 2.21. The first kappa shape index (κ1) is 25.0. The quantitative estimate of drug-likeness (QED) is 0.459. The van der Waals surface area contributed by atoms with Gasteiger partial charge in [0.25, 0.3) is 0 Å². The second kappa shape index (κ2) is 20.4. The zero-order valence-corrected chi connectivity index (χ0v) is 14.2. The molecule has 104 valence electrons. The van der Waals surface area contributed by atoms with Crippen LogP contribution in [0.5, 0.6) is 0 Å². The molecule has 0 N–H and O–H groups in total. The Hall–Kier alpha value is 0. The predicted molar refractivity (Wildman–Crippen MR) is 82.2 cm³/mol. The summed E-state index contributed by atoms with van der Waals surface area (Å²) in [7, 11) is 0. The van der Waals surface area contributed by atoms with Crippen LogP contribution in [0.4, 0.5) is 0 Å². The van der Waals surface area contributed by atoms with Gasteiger partial charge in [-0.15, -0.1) is 0 Å². The summed E-state index contributed by atoms with van der Waals surface area (Å²) in [5.41, 5.74) is 0.500. The van der Waals surface area contributed by atoms with Gasteiger partial charge in [-0.1, -0.05) is 95.4 Å². The van der Waals surface area contributed by atoms with E-state index in [0.29, 0.717) is 5.41 Å². The monoisotopic (exact) mass is 232 g/mol. The first-order chi connectivity index (χ1) is 7.27. The highest BCUT2D eigenvalue weighted by molar-refractivity contribution is 4.64. The van der Waals surface area contributed by atoms with E-state index in [1.165, 1.54) is 19.3 Å². The molecule has 0 amide bonds. The van der Waals surface area contributed by atoms with Crippen molar-refractivity contribution in [2.45, 2.75) is 95.4 Å². The van der Waals surface area contributed by atoms with Gasteiger partial charge in [-0.05, 0) is 11.3 Å². The van der Waals surface area contributed by atoms with Gasteiger partial charge in [0.15, 0.2) is 0 Å². The third kappa shape index (κ3) is 48.3. The van der Waals surface area contributed by atoms with Crippen LogP contribution in [0.2, 0.25) is 0 Å². The largest absolute Gasteiger partial charge is 0.0683 e. The molecule has 0 aromatic carbocycles. The minimum absolute atomic E-state index is 0.500. The van der Waals surface area contributed by atoms with Crippen molar-refractivity contribution in [2.75, 3.05) is 0 Å². The Kier molecular flexibility index (Phi) is 31.9. The van der Waals surface area contributed by atoms with Gasteiger partial charge in [-0.25, -0.2) is 0 Å². The molecule has 0 aromatic heterocycles. The van der Waals surface area contributed by atoms with Gasteiger partial charge in [0.1, 0.15) is 0 Å². The summed E-state index contributed by atoms with van der Waals surface area (Å²) in [6, 6.07) is 0. The molecule has 0 aliphatic carbocycles. The van der Waals surface area contributed by atoms with Crippen molar-refractivity contribution >= 4 is 0 Å². The van der Waals surface area contributed by atoms with Crippen molar-refractivity contribution < 1.29 is 0 Å². The Morgan fingerprint density at radius 1 is 0.750 bits per heavy atom. The molecule has 0 heterocycles. The topological polar surface area (TPSA) is 0 Å². The SMILES string of the molecule is CC.CC(C)C(C)(C)C.CCC.CCCC. The van der Waals surface area contributed by atoms with Gasteiger partial charge in [0, 0.05) is 0 Å². The number of hydrogen-bond donors (Lipinski definition) is 0. The van der Waals surface area contributed by atoms with Gasteiger partial charge >= 0.3 is 0 Å². The van der Waals surface area contributed by atoms with Crippen molar-refractivity contribution in [3.63, 3.8) is 0 Å². The third-order valence-electron chi connectivity index (χ3n) is 2.23. The summed E-state index contributed by atoms with van der Waals surface area (Å²) >= 11 is 0. The lowest BCUT2D eigenvalue weighted by Crippen LogP contribution is -2.12. The van der Waals surface area contributed by atoms with E-state index in [1.54, 1.807) is 0 Å². The smallest absolute Gasteiger partial charge is 0.0360 e. The third-order valence-corrected chi connectivity index (χ3v) is 2.23. The molecule has 0 saturated carbocycles. The molecule has 0 aromatic rings. The van der Waals surface area contributed by atoms with E-state index in [1.807, 2.05) is 13.8 Å². The Labute approximate surface area is 107 Å². The maximum atomic E-state index is 2.26. The minimum atomic E-state index is 0.500. The molecule has 0 spiro atoms. The molecular formula is C16H40. The van der Waals surface area contributed by atoms with Crippen LogP contribution in [-0.2, 0) is 0 Å². The fraction of sp³-hybridized carbons (Fsp3) is 1.00. The lowest BCUT2D eigenvalue weighted by Gasteiger charge is -2.22. The fourth-order valence-electron chi connectivity index (χ4n) is 0. The van der Waals surface area contributed by atoms with Crippen molar-refractivity contribution in [1.29, 1.82) is 0 Å². The van der Waals surface area contributed by atoms with E-state index < -0.39 is 0 Å².